The van der Waals surface area contributed by atoms with E-state index in [4.69, 9.17) is 0 Å². The van der Waals surface area contributed by atoms with E-state index in [1.807, 2.05) is 42.5 Å². The Hall–Kier alpha value is -2.19. The first-order chi connectivity index (χ1) is 9.74. The molecule has 1 atom stereocenters. The maximum Gasteiger partial charge on any atom is 0.178 e. The summed E-state index contributed by atoms with van der Waals surface area (Å²) in [6.45, 7) is 2.64. The Morgan fingerprint density at radius 1 is 0.950 bits per heavy atom. The molecule has 1 heterocycles. The van der Waals surface area contributed by atoms with Gasteiger partial charge in [-0.1, -0.05) is 48.5 Å². The second-order valence-corrected chi connectivity index (χ2v) is 5.12. The first kappa shape index (κ1) is 12.8. The summed E-state index contributed by atoms with van der Waals surface area (Å²) < 4.78 is 2.11. The van der Waals surface area contributed by atoms with Crippen LogP contribution in [0.1, 0.15) is 17.4 Å². The van der Waals surface area contributed by atoms with Gasteiger partial charge in [-0.2, -0.15) is 4.57 Å². The van der Waals surface area contributed by atoms with Crippen molar-refractivity contribution in [1.82, 2.24) is 0 Å². The van der Waals surface area contributed by atoms with Crippen LogP contribution in [0.25, 0.3) is 10.8 Å². The SMILES string of the molecule is Cc1cc2ccccc2c[n+]1C[C@@H](O)c1ccccc1. The predicted molar refractivity (Wildman–Crippen MR) is 80.3 cm³/mol. The Morgan fingerprint density at radius 3 is 2.35 bits per heavy atom. The van der Waals surface area contributed by atoms with Gasteiger partial charge in [0.2, 0.25) is 0 Å². The Labute approximate surface area is 118 Å². The molecule has 0 aliphatic rings. The number of hydrogen-bond acceptors (Lipinski definition) is 1. The molecule has 0 radical (unpaired) electrons. The molecule has 0 amide bonds. The van der Waals surface area contributed by atoms with E-state index in [2.05, 4.69) is 35.9 Å². The third-order valence-corrected chi connectivity index (χ3v) is 3.66. The number of rotatable bonds is 3. The maximum absolute atomic E-state index is 10.3. The summed E-state index contributed by atoms with van der Waals surface area (Å²) in [6.07, 6.45) is 1.62. The fraction of sp³-hybridized carbons (Fsp3) is 0.167. The highest BCUT2D eigenvalue weighted by Gasteiger charge is 2.16. The van der Waals surface area contributed by atoms with Gasteiger partial charge in [0, 0.05) is 18.4 Å². The van der Waals surface area contributed by atoms with E-state index in [0.29, 0.717) is 6.54 Å². The van der Waals surface area contributed by atoms with Crippen molar-refractivity contribution in [3.8, 4) is 0 Å². The fourth-order valence-electron chi connectivity index (χ4n) is 2.50. The lowest BCUT2D eigenvalue weighted by Gasteiger charge is -2.09. The van der Waals surface area contributed by atoms with Crippen LogP contribution in [-0.2, 0) is 6.54 Å². The van der Waals surface area contributed by atoms with Crippen LogP contribution in [-0.4, -0.2) is 5.11 Å². The molecule has 0 fully saturated rings. The third kappa shape index (κ3) is 2.56. The van der Waals surface area contributed by atoms with Crippen LogP contribution < -0.4 is 4.57 Å². The minimum absolute atomic E-state index is 0.485. The molecule has 3 aromatic rings. The summed E-state index contributed by atoms with van der Waals surface area (Å²) >= 11 is 0. The molecule has 2 nitrogen and oxygen atoms in total. The highest BCUT2D eigenvalue weighted by molar-refractivity contribution is 5.80. The van der Waals surface area contributed by atoms with E-state index < -0.39 is 6.10 Å². The average molecular weight is 264 g/mol. The van der Waals surface area contributed by atoms with Gasteiger partial charge in [0.15, 0.2) is 18.4 Å². The summed E-state index contributed by atoms with van der Waals surface area (Å²) in [5, 5.41) is 12.8. The summed E-state index contributed by atoms with van der Waals surface area (Å²) in [5.41, 5.74) is 2.10. The van der Waals surface area contributed by atoms with E-state index >= 15 is 0 Å². The highest BCUT2D eigenvalue weighted by atomic mass is 16.3. The van der Waals surface area contributed by atoms with E-state index in [1.165, 1.54) is 10.8 Å². The standard InChI is InChI=1S/C18H18NO/c1-14-11-16-9-5-6-10-17(16)12-19(14)13-18(20)15-7-3-2-4-8-15/h2-12,18,20H,13H2,1H3/q+1/t18-/m1/s1. The highest BCUT2D eigenvalue weighted by Crippen LogP contribution is 2.15. The zero-order chi connectivity index (χ0) is 13.9. The number of pyridine rings is 1. The zero-order valence-electron chi connectivity index (χ0n) is 11.5. The number of hydrogen-bond donors (Lipinski definition) is 1. The van der Waals surface area contributed by atoms with Crippen molar-refractivity contribution >= 4 is 10.8 Å². The lowest BCUT2D eigenvalue weighted by atomic mass is 10.1. The van der Waals surface area contributed by atoms with Crippen LogP contribution in [0.5, 0.6) is 0 Å². The lowest BCUT2D eigenvalue weighted by molar-refractivity contribution is -0.709. The van der Waals surface area contributed by atoms with Crippen LogP contribution in [0.2, 0.25) is 0 Å². The second-order valence-electron chi connectivity index (χ2n) is 5.12. The summed E-state index contributed by atoms with van der Waals surface area (Å²) in [4.78, 5) is 0. The minimum atomic E-state index is -0.485. The third-order valence-electron chi connectivity index (χ3n) is 3.66. The number of aliphatic hydroxyl groups excluding tert-OH is 1. The topological polar surface area (TPSA) is 24.1 Å². The fourth-order valence-corrected chi connectivity index (χ4v) is 2.50. The Morgan fingerprint density at radius 2 is 1.60 bits per heavy atom. The smallest absolute Gasteiger partial charge is 0.178 e. The van der Waals surface area contributed by atoms with Crippen LogP contribution in [0, 0.1) is 6.92 Å². The molecule has 0 spiro atoms. The van der Waals surface area contributed by atoms with Crippen molar-refractivity contribution in [2.24, 2.45) is 0 Å². The summed E-state index contributed by atoms with van der Waals surface area (Å²) in [6, 6.07) is 20.2. The molecule has 0 aliphatic heterocycles. The zero-order valence-corrected chi connectivity index (χ0v) is 11.5. The normalized spacial score (nSPS) is 12.5. The van der Waals surface area contributed by atoms with Crippen molar-refractivity contribution in [3.63, 3.8) is 0 Å². The van der Waals surface area contributed by atoms with Gasteiger partial charge in [-0.25, -0.2) is 0 Å². The van der Waals surface area contributed by atoms with Gasteiger partial charge < -0.3 is 5.11 Å². The number of aliphatic hydroxyl groups is 1. The molecule has 0 unspecified atom stereocenters. The van der Waals surface area contributed by atoms with Gasteiger partial charge in [0.05, 0.1) is 0 Å². The number of benzene rings is 2. The van der Waals surface area contributed by atoms with E-state index in [9.17, 15) is 5.11 Å². The molecule has 0 aliphatic carbocycles. The van der Waals surface area contributed by atoms with Crippen LogP contribution in [0.3, 0.4) is 0 Å². The Bertz CT molecular complexity index is 722. The number of fused-ring (bicyclic) bond motifs is 1. The number of aryl methyl sites for hydroxylation is 1. The van der Waals surface area contributed by atoms with E-state index in [1.54, 1.807) is 0 Å². The molecule has 1 N–H and O–H groups in total. The van der Waals surface area contributed by atoms with Crippen molar-refractivity contribution in [2.45, 2.75) is 19.6 Å². The van der Waals surface area contributed by atoms with Gasteiger partial charge in [-0.3, -0.25) is 0 Å². The predicted octanol–water partition coefficient (Wildman–Crippen LogP) is 3.17. The van der Waals surface area contributed by atoms with Crippen molar-refractivity contribution in [2.75, 3.05) is 0 Å². The lowest BCUT2D eigenvalue weighted by Crippen LogP contribution is -2.39. The van der Waals surface area contributed by atoms with Crippen molar-refractivity contribution in [1.29, 1.82) is 0 Å². The van der Waals surface area contributed by atoms with E-state index in [0.717, 1.165) is 11.3 Å². The molecule has 20 heavy (non-hydrogen) atoms. The van der Waals surface area contributed by atoms with Gasteiger partial charge in [-0.05, 0) is 17.0 Å². The average Bonchev–Trinajstić information content (AvgIpc) is 2.49. The molecular formula is C18H18NO+. The molecule has 2 aromatic carbocycles. The van der Waals surface area contributed by atoms with Crippen LogP contribution >= 0.6 is 0 Å². The molecular weight excluding hydrogens is 246 g/mol. The quantitative estimate of drug-likeness (QED) is 0.722. The summed E-state index contributed by atoms with van der Waals surface area (Å²) in [7, 11) is 0. The Balaban J connectivity index is 1.92. The molecule has 0 bridgehead atoms. The molecule has 3 rings (SSSR count). The van der Waals surface area contributed by atoms with Gasteiger partial charge in [0.1, 0.15) is 6.10 Å². The number of aromatic nitrogens is 1. The first-order valence-electron chi connectivity index (χ1n) is 6.86. The molecule has 0 saturated heterocycles. The minimum Gasteiger partial charge on any atom is -0.382 e. The second kappa shape index (κ2) is 5.43. The van der Waals surface area contributed by atoms with Crippen LogP contribution in [0.15, 0.2) is 66.9 Å². The molecule has 0 saturated carbocycles. The summed E-state index contributed by atoms with van der Waals surface area (Å²) in [5.74, 6) is 0. The van der Waals surface area contributed by atoms with Crippen molar-refractivity contribution in [3.05, 3.63) is 78.1 Å². The van der Waals surface area contributed by atoms with Gasteiger partial charge in [-0.15, -0.1) is 0 Å². The van der Waals surface area contributed by atoms with Gasteiger partial charge in [0.25, 0.3) is 0 Å². The van der Waals surface area contributed by atoms with E-state index in [-0.39, 0.29) is 0 Å². The monoisotopic (exact) mass is 264 g/mol. The first-order valence-corrected chi connectivity index (χ1v) is 6.86. The molecule has 2 heteroatoms. The largest absolute Gasteiger partial charge is 0.382 e. The maximum atomic E-state index is 10.3. The Kier molecular flexibility index (Phi) is 3.48. The molecule has 1 aromatic heterocycles. The van der Waals surface area contributed by atoms with Crippen LogP contribution in [0.4, 0.5) is 0 Å². The molecule has 100 valence electrons. The van der Waals surface area contributed by atoms with Gasteiger partial charge >= 0.3 is 0 Å². The number of nitrogens with zero attached hydrogens (tertiary/aromatic N) is 1. The van der Waals surface area contributed by atoms with Crippen molar-refractivity contribution < 1.29 is 9.67 Å².